The quantitative estimate of drug-likeness (QED) is 0.812. The summed E-state index contributed by atoms with van der Waals surface area (Å²) in [6, 6.07) is 1.41. The van der Waals surface area contributed by atoms with Crippen molar-refractivity contribution in [2.45, 2.75) is 18.1 Å². The van der Waals surface area contributed by atoms with Crippen LogP contribution in [0.25, 0.3) is 0 Å². The summed E-state index contributed by atoms with van der Waals surface area (Å²) in [7, 11) is -3.70. The van der Waals surface area contributed by atoms with Crippen LogP contribution >= 0.6 is 38.9 Å². The molecular formula is C10H14BrClN2O3S2. The van der Waals surface area contributed by atoms with Gasteiger partial charge in [0, 0.05) is 17.6 Å². The molecule has 0 radical (unpaired) electrons. The van der Waals surface area contributed by atoms with Crippen molar-refractivity contribution in [2.24, 2.45) is 0 Å². The first-order chi connectivity index (χ1) is 8.81. The Morgan fingerprint density at radius 1 is 1.47 bits per heavy atom. The average molecular weight is 390 g/mol. The van der Waals surface area contributed by atoms with Gasteiger partial charge in [-0.05, 0) is 35.8 Å². The number of halogens is 2. The predicted octanol–water partition coefficient (Wildman–Crippen LogP) is 2.31. The zero-order valence-electron chi connectivity index (χ0n) is 10.4. The highest BCUT2D eigenvalue weighted by molar-refractivity contribution is 9.10. The van der Waals surface area contributed by atoms with Crippen LogP contribution in [0.5, 0.6) is 0 Å². The second-order valence-electron chi connectivity index (χ2n) is 3.58. The van der Waals surface area contributed by atoms with Gasteiger partial charge in [-0.15, -0.1) is 11.3 Å². The zero-order chi connectivity index (χ0) is 14.6. The van der Waals surface area contributed by atoms with Gasteiger partial charge in [0.1, 0.15) is 8.55 Å². The first-order valence-corrected chi connectivity index (χ1v) is 9.01. The molecule has 0 aromatic carbocycles. The first kappa shape index (κ1) is 16.9. The largest absolute Gasteiger partial charge is 0.342 e. The van der Waals surface area contributed by atoms with E-state index in [4.69, 9.17) is 11.6 Å². The van der Waals surface area contributed by atoms with Crippen LogP contribution in [0.1, 0.15) is 13.8 Å². The highest BCUT2D eigenvalue weighted by Gasteiger charge is 2.21. The standard InChI is InChI=1S/C10H14BrClN2O3S2/c1-3-14(4-2)8(15)6-13-19(16,17)9-5-7(11)10(12)18-9/h5,13H,3-4,6H2,1-2H3. The van der Waals surface area contributed by atoms with Crippen LogP contribution in [-0.2, 0) is 14.8 Å². The van der Waals surface area contributed by atoms with Crippen molar-refractivity contribution >= 4 is 54.8 Å². The van der Waals surface area contributed by atoms with Crippen molar-refractivity contribution in [3.63, 3.8) is 0 Å². The second kappa shape index (κ2) is 7.03. The smallest absolute Gasteiger partial charge is 0.250 e. The molecule has 0 aliphatic carbocycles. The molecule has 108 valence electrons. The van der Waals surface area contributed by atoms with Crippen LogP contribution in [0.3, 0.4) is 0 Å². The number of amides is 1. The Bertz CT molecular complexity index is 536. The van der Waals surface area contributed by atoms with E-state index in [1.165, 1.54) is 6.07 Å². The van der Waals surface area contributed by atoms with Crippen molar-refractivity contribution in [1.82, 2.24) is 9.62 Å². The average Bonchev–Trinajstić information content (AvgIpc) is 2.70. The first-order valence-electron chi connectivity index (χ1n) is 5.54. The molecule has 1 heterocycles. The summed E-state index contributed by atoms with van der Waals surface area (Å²) in [5.41, 5.74) is 0. The van der Waals surface area contributed by atoms with Gasteiger partial charge in [0.25, 0.3) is 10.0 Å². The Labute approximate surface area is 130 Å². The fourth-order valence-corrected chi connectivity index (χ4v) is 4.70. The summed E-state index contributed by atoms with van der Waals surface area (Å²) < 4.78 is 27.1. The van der Waals surface area contributed by atoms with Crippen molar-refractivity contribution in [3.05, 3.63) is 14.9 Å². The molecule has 5 nitrogen and oxygen atoms in total. The summed E-state index contributed by atoms with van der Waals surface area (Å²) in [5, 5.41) is 0. The third-order valence-corrected chi connectivity index (χ3v) is 6.77. The van der Waals surface area contributed by atoms with E-state index in [1.54, 1.807) is 4.90 Å². The lowest BCUT2D eigenvalue weighted by Gasteiger charge is -2.18. The molecule has 1 aromatic heterocycles. The molecule has 0 fully saturated rings. The summed E-state index contributed by atoms with van der Waals surface area (Å²) in [4.78, 5) is 13.3. The highest BCUT2D eigenvalue weighted by atomic mass is 79.9. The minimum Gasteiger partial charge on any atom is -0.342 e. The lowest BCUT2D eigenvalue weighted by molar-refractivity contribution is -0.129. The third kappa shape index (κ3) is 4.42. The number of nitrogens with one attached hydrogen (secondary N) is 1. The van der Waals surface area contributed by atoms with Gasteiger partial charge in [0.05, 0.1) is 6.54 Å². The van der Waals surface area contributed by atoms with Crippen molar-refractivity contribution in [2.75, 3.05) is 19.6 Å². The molecule has 1 amide bonds. The van der Waals surface area contributed by atoms with Gasteiger partial charge in [0.15, 0.2) is 0 Å². The van der Waals surface area contributed by atoms with Crippen molar-refractivity contribution in [1.29, 1.82) is 0 Å². The Kier molecular flexibility index (Phi) is 6.25. The summed E-state index contributed by atoms with van der Waals surface area (Å²) in [6.45, 7) is 4.52. The van der Waals surface area contributed by atoms with Crippen LogP contribution in [0, 0.1) is 0 Å². The van der Waals surface area contributed by atoms with Gasteiger partial charge < -0.3 is 4.90 Å². The molecule has 0 unspecified atom stereocenters. The van der Waals surface area contributed by atoms with Gasteiger partial charge in [0.2, 0.25) is 5.91 Å². The van der Waals surface area contributed by atoms with Crippen LogP contribution < -0.4 is 4.72 Å². The molecule has 0 spiro atoms. The maximum absolute atomic E-state index is 12.0. The SMILES string of the molecule is CCN(CC)C(=O)CNS(=O)(=O)c1cc(Br)c(Cl)s1. The molecular weight excluding hydrogens is 376 g/mol. The van der Waals surface area contributed by atoms with Crippen molar-refractivity contribution < 1.29 is 13.2 Å². The number of sulfonamides is 1. The number of hydrogen-bond acceptors (Lipinski definition) is 4. The number of nitrogens with zero attached hydrogens (tertiary/aromatic N) is 1. The van der Waals surface area contributed by atoms with Gasteiger partial charge in [-0.1, -0.05) is 11.6 Å². The summed E-state index contributed by atoms with van der Waals surface area (Å²) >= 11 is 9.88. The Morgan fingerprint density at radius 2 is 2.05 bits per heavy atom. The molecule has 19 heavy (non-hydrogen) atoms. The minimum absolute atomic E-state index is 0.0803. The molecule has 0 aliphatic rings. The van der Waals surface area contributed by atoms with Crippen LogP contribution in [0.15, 0.2) is 14.7 Å². The molecule has 1 N–H and O–H groups in total. The van der Waals surface area contributed by atoms with E-state index in [-0.39, 0.29) is 16.7 Å². The Balaban J connectivity index is 2.73. The Hall–Kier alpha value is -0.150. The van der Waals surface area contributed by atoms with Crippen LogP contribution in [-0.4, -0.2) is 38.9 Å². The third-order valence-electron chi connectivity index (χ3n) is 2.42. The molecule has 0 saturated carbocycles. The number of carbonyl (C=O) groups excluding carboxylic acids is 1. The van der Waals surface area contributed by atoms with Gasteiger partial charge in [-0.2, -0.15) is 0 Å². The maximum atomic E-state index is 12.0. The van der Waals surface area contributed by atoms with E-state index in [1.807, 2.05) is 13.8 Å². The van der Waals surface area contributed by atoms with Gasteiger partial charge in [-0.3, -0.25) is 4.79 Å². The number of carbonyl (C=O) groups is 1. The molecule has 0 atom stereocenters. The minimum atomic E-state index is -3.70. The van der Waals surface area contributed by atoms with Crippen LogP contribution in [0.2, 0.25) is 4.34 Å². The number of rotatable bonds is 6. The number of thiophene rings is 1. The van der Waals surface area contributed by atoms with E-state index in [2.05, 4.69) is 20.7 Å². The monoisotopic (exact) mass is 388 g/mol. The highest BCUT2D eigenvalue weighted by Crippen LogP contribution is 2.34. The van der Waals surface area contributed by atoms with Crippen molar-refractivity contribution in [3.8, 4) is 0 Å². The van der Waals surface area contributed by atoms with E-state index in [0.29, 0.717) is 21.9 Å². The summed E-state index contributed by atoms with van der Waals surface area (Å²) in [5.74, 6) is -0.254. The molecule has 9 heteroatoms. The van der Waals surface area contributed by atoms with Gasteiger partial charge in [-0.25, -0.2) is 13.1 Å². The number of hydrogen-bond donors (Lipinski definition) is 1. The van der Waals surface area contributed by atoms with Gasteiger partial charge >= 0.3 is 0 Å². The second-order valence-corrected chi connectivity index (χ2v) is 8.08. The van der Waals surface area contributed by atoms with E-state index in [0.717, 1.165) is 11.3 Å². The predicted molar refractivity (Wildman–Crippen MR) is 80.1 cm³/mol. The van der Waals surface area contributed by atoms with E-state index < -0.39 is 10.0 Å². The molecule has 1 aromatic rings. The number of likely N-dealkylation sites (N-methyl/N-ethyl adjacent to an activating group) is 1. The topological polar surface area (TPSA) is 66.5 Å². The Morgan fingerprint density at radius 3 is 2.47 bits per heavy atom. The zero-order valence-corrected chi connectivity index (χ0v) is 14.4. The summed E-state index contributed by atoms with van der Waals surface area (Å²) in [6.07, 6.45) is 0. The molecule has 1 rings (SSSR count). The van der Waals surface area contributed by atoms with E-state index >= 15 is 0 Å². The molecule has 0 saturated heterocycles. The molecule has 0 aliphatic heterocycles. The molecule has 0 bridgehead atoms. The normalized spacial score (nSPS) is 11.6. The van der Waals surface area contributed by atoms with E-state index in [9.17, 15) is 13.2 Å². The fraction of sp³-hybridized carbons (Fsp3) is 0.500. The van der Waals surface area contributed by atoms with Crippen LogP contribution in [0.4, 0.5) is 0 Å². The fourth-order valence-electron chi connectivity index (χ4n) is 1.38. The lowest BCUT2D eigenvalue weighted by Crippen LogP contribution is -2.39. The lowest BCUT2D eigenvalue weighted by atomic mass is 10.4. The maximum Gasteiger partial charge on any atom is 0.250 e.